The first-order valence-corrected chi connectivity index (χ1v) is 11.8. The number of carbonyl (C=O) groups excluding carboxylic acids is 2. The number of aromatic nitrogens is 1. The number of aldehydes is 1. The van der Waals surface area contributed by atoms with Gasteiger partial charge in [0.15, 0.2) is 11.8 Å². The highest BCUT2D eigenvalue weighted by molar-refractivity contribution is 6.31. The number of rotatable bonds is 9. The van der Waals surface area contributed by atoms with Gasteiger partial charge in [0.25, 0.3) is 11.2 Å². The summed E-state index contributed by atoms with van der Waals surface area (Å²) in [5, 5.41) is 11.8. The van der Waals surface area contributed by atoms with Gasteiger partial charge in [-0.2, -0.15) is 0 Å². The van der Waals surface area contributed by atoms with E-state index in [0.29, 0.717) is 11.8 Å². The standard InChI is InChI=1S/C28H19ClF2N2O6/c29-21-5-10-25(33(37)38)24(16-21)19-11-12-32(26(35)15-19)28(27(36)39-14-13-34,20-3-8-23(31)9-4-20)17-18-1-6-22(30)7-2-18/h1-13,15-16H,14,17H2. The number of hydrogen-bond acceptors (Lipinski definition) is 6. The lowest BCUT2D eigenvalue weighted by atomic mass is 9.82. The maximum atomic E-state index is 13.9. The van der Waals surface area contributed by atoms with Gasteiger partial charge in [0.1, 0.15) is 18.2 Å². The second-order valence-corrected chi connectivity index (χ2v) is 8.91. The molecule has 0 fully saturated rings. The van der Waals surface area contributed by atoms with Gasteiger partial charge in [-0.3, -0.25) is 24.3 Å². The van der Waals surface area contributed by atoms with Crippen LogP contribution in [0.5, 0.6) is 0 Å². The first-order chi connectivity index (χ1) is 18.6. The van der Waals surface area contributed by atoms with Gasteiger partial charge < -0.3 is 4.74 Å². The number of carbonyl (C=O) groups is 2. The predicted octanol–water partition coefficient (Wildman–Crippen LogP) is 5.08. The summed E-state index contributed by atoms with van der Waals surface area (Å²) in [6.45, 7) is -0.618. The Kier molecular flexibility index (Phi) is 7.96. The maximum Gasteiger partial charge on any atom is 0.337 e. The monoisotopic (exact) mass is 552 g/mol. The van der Waals surface area contributed by atoms with Crippen molar-refractivity contribution in [3.8, 4) is 11.1 Å². The van der Waals surface area contributed by atoms with Gasteiger partial charge >= 0.3 is 5.97 Å². The predicted molar refractivity (Wildman–Crippen MR) is 138 cm³/mol. The van der Waals surface area contributed by atoms with Crippen molar-refractivity contribution in [2.75, 3.05) is 6.61 Å². The molecule has 3 aromatic carbocycles. The van der Waals surface area contributed by atoms with Gasteiger partial charge in [-0.15, -0.1) is 0 Å². The molecule has 39 heavy (non-hydrogen) atoms. The van der Waals surface area contributed by atoms with Crippen LogP contribution < -0.4 is 5.56 Å². The molecule has 1 unspecified atom stereocenters. The number of nitrogens with zero attached hydrogens (tertiary/aromatic N) is 2. The third-order valence-electron chi connectivity index (χ3n) is 6.11. The van der Waals surface area contributed by atoms with Gasteiger partial charge in [0, 0.05) is 29.8 Å². The number of ether oxygens (including phenoxy) is 1. The minimum Gasteiger partial charge on any atom is -0.456 e. The van der Waals surface area contributed by atoms with Crippen molar-refractivity contribution in [3.63, 3.8) is 0 Å². The zero-order valence-corrected chi connectivity index (χ0v) is 20.8. The van der Waals surface area contributed by atoms with Gasteiger partial charge in [0.2, 0.25) is 0 Å². The van der Waals surface area contributed by atoms with Crippen molar-refractivity contribution in [2.24, 2.45) is 0 Å². The van der Waals surface area contributed by atoms with E-state index >= 15 is 0 Å². The summed E-state index contributed by atoms with van der Waals surface area (Å²) in [6, 6.07) is 16.3. The maximum absolute atomic E-state index is 13.9. The Balaban J connectivity index is 1.98. The minimum absolute atomic E-state index is 0.0752. The lowest BCUT2D eigenvalue weighted by Gasteiger charge is -2.34. The molecule has 4 aromatic rings. The molecule has 0 saturated heterocycles. The van der Waals surface area contributed by atoms with E-state index in [-0.39, 0.29) is 33.8 Å². The van der Waals surface area contributed by atoms with E-state index in [1.807, 2.05) is 0 Å². The van der Waals surface area contributed by atoms with Crippen molar-refractivity contribution in [2.45, 2.75) is 12.0 Å². The van der Waals surface area contributed by atoms with Crippen LogP contribution >= 0.6 is 11.6 Å². The average molecular weight is 553 g/mol. The average Bonchev–Trinajstić information content (AvgIpc) is 2.92. The van der Waals surface area contributed by atoms with Crippen molar-refractivity contribution < 1.29 is 28.0 Å². The van der Waals surface area contributed by atoms with E-state index in [1.165, 1.54) is 66.9 Å². The Morgan fingerprint density at radius 3 is 2.23 bits per heavy atom. The third kappa shape index (κ3) is 5.60. The summed E-state index contributed by atoms with van der Waals surface area (Å²) in [4.78, 5) is 49.3. The van der Waals surface area contributed by atoms with Crippen molar-refractivity contribution in [3.05, 3.63) is 133 Å². The minimum atomic E-state index is -1.97. The number of hydrogen-bond donors (Lipinski definition) is 0. The van der Waals surface area contributed by atoms with Crippen LogP contribution in [0.1, 0.15) is 11.1 Å². The summed E-state index contributed by atoms with van der Waals surface area (Å²) < 4.78 is 33.7. The molecular formula is C28H19ClF2N2O6. The first-order valence-electron chi connectivity index (χ1n) is 11.4. The van der Waals surface area contributed by atoms with Gasteiger partial charge in [-0.1, -0.05) is 35.9 Å². The molecule has 0 amide bonds. The van der Waals surface area contributed by atoms with E-state index in [9.17, 15) is 33.3 Å². The molecule has 0 saturated carbocycles. The number of esters is 1. The summed E-state index contributed by atoms with van der Waals surface area (Å²) >= 11 is 6.05. The van der Waals surface area contributed by atoms with Crippen LogP contribution in [-0.4, -0.2) is 28.4 Å². The molecule has 0 spiro atoms. The third-order valence-corrected chi connectivity index (χ3v) is 6.35. The molecule has 0 aliphatic carbocycles. The molecule has 1 heterocycles. The molecule has 11 heteroatoms. The summed E-state index contributed by atoms with van der Waals surface area (Å²) in [5.74, 6) is -2.14. The number of nitro groups is 1. The van der Waals surface area contributed by atoms with Crippen LogP contribution in [0.4, 0.5) is 14.5 Å². The molecule has 1 aromatic heterocycles. The Hall–Kier alpha value is -4.70. The highest BCUT2D eigenvalue weighted by atomic mass is 35.5. The largest absolute Gasteiger partial charge is 0.456 e. The van der Waals surface area contributed by atoms with Gasteiger partial charge in [-0.05, 0) is 59.2 Å². The van der Waals surface area contributed by atoms with Crippen LogP contribution in [0.25, 0.3) is 11.1 Å². The van der Waals surface area contributed by atoms with Crippen molar-refractivity contribution >= 4 is 29.5 Å². The molecule has 0 bridgehead atoms. The fraction of sp³-hybridized carbons (Fsp3) is 0.107. The number of benzene rings is 3. The van der Waals surface area contributed by atoms with E-state index in [1.54, 1.807) is 0 Å². The summed E-state index contributed by atoms with van der Waals surface area (Å²) in [5.41, 5.74) is -2.23. The molecule has 0 N–H and O–H groups in total. The van der Waals surface area contributed by atoms with Gasteiger partial charge in [-0.25, -0.2) is 13.6 Å². The normalized spacial score (nSPS) is 12.4. The highest BCUT2D eigenvalue weighted by Gasteiger charge is 2.45. The van der Waals surface area contributed by atoms with Gasteiger partial charge in [0.05, 0.1) is 10.5 Å². The molecule has 8 nitrogen and oxygen atoms in total. The first kappa shape index (κ1) is 27.3. The van der Waals surface area contributed by atoms with Crippen molar-refractivity contribution in [1.29, 1.82) is 0 Å². The Morgan fingerprint density at radius 1 is 1.00 bits per heavy atom. The molecule has 1 atom stereocenters. The summed E-state index contributed by atoms with van der Waals surface area (Å²) in [7, 11) is 0. The van der Waals surface area contributed by atoms with E-state index < -0.39 is 40.2 Å². The fourth-order valence-electron chi connectivity index (χ4n) is 4.33. The highest BCUT2D eigenvalue weighted by Crippen LogP contribution is 2.35. The SMILES string of the molecule is O=CCOC(=O)C(Cc1ccc(F)cc1)(c1ccc(F)cc1)n1ccc(-c2cc(Cl)ccc2[N+](=O)[O-])cc1=O. The smallest absolute Gasteiger partial charge is 0.337 e. The van der Waals surface area contributed by atoms with Crippen LogP contribution in [0.2, 0.25) is 5.02 Å². The van der Waals surface area contributed by atoms with E-state index in [0.717, 1.165) is 22.8 Å². The Labute approximate surface area is 225 Å². The molecule has 0 aliphatic heterocycles. The zero-order chi connectivity index (χ0) is 28.2. The zero-order valence-electron chi connectivity index (χ0n) is 20.1. The Bertz CT molecular complexity index is 1610. The van der Waals surface area contributed by atoms with E-state index in [2.05, 4.69) is 0 Å². The van der Waals surface area contributed by atoms with E-state index in [4.69, 9.17) is 16.3 Å². The van der Waals surface area contributed by atoms with Crippen LogP contribution in [0, 0.1) is 21.7 Å². The summed E-state index contributed by atoms with van der Waals surface area (Å²) in [6.07, 6.45) is 1.36. The molecule has 0 aliphatic rings. The molecule has 198 valence electrons. The quantitative estimate of drug-likeness (QED) is 0.124. The number of pyridine rings is 1. The second-order valence-electron chi connectivity index (χ2n) is 8.48. The Morgan fingerprint density at radius 2 is 1.64 bits per heavy atom. The topological polar surface area (TPSA) is 109 Å². The lowest BCUT2D eigenvalue weighted by Crippen LogP contribution is -2.51. The molecule has 4 rings (SSSR count). The number of halogens is 3. The van der Waals surface area contributed by atoms with Crippen molar-refractivity contribution in [1.82, 2.24) is 4.57 Å². The molecule has 0 radical (unpaired) electrons. The van der Waals surface area contributed by atoms with Crippen LogP contribution in [0.3, 0.4) is 0 Å². The number of nitro benzene ring substituents is 1. The fourth-order valence-corrected chi connectivity index (χ4v) is 4.50. The van der Waals surface area contributed by atoms with Crippen LogP contribution in [-0.2, 0) is 26.3 Å². The van der Waals surface area contributed by atoms with Crippen LogP contribution in [0.15, 0.2) is 89.9 Å². The molecular weight excluding hydrogens is 534 g/mol. The second kappa shape index (κ2) is 11.4. The lowest BCUT2D eigenvalue weighted by molar-refractivity contribution is -0.384.